The van der Waals surface area contributed by atoms with Crippen molar-refractivity contribution in [3.8, 4) is 0 Å². The maximum Gasteiger partial charge on any atom is 0.335 e. The molecule has 0 amide bonds. The molecule has 512 valence electrons. The van der Waals surface area contributed by atoms with Crippen LogP contribution in [0.2, 0.25) is 0 Å². The van der Waals surface area contributed by atoms with Crippen LogP contribution >= 0.6 is 0 Å². The highest BCUT2D eigenvalue weighted by atomic mass is 16.8. The van der Waals surface area contributed by atoms with E-state index in [0.717, 1.165) is 5.57 Å². The molecular formula is C63H98O27. The highest BCUT2D eigenvalue weighted by molar-refractivity contribution is 5.88. The van der Waals surface area contributed by atoms with Gasteiger partial charge in [0.05, 0.1) is 49.7 Å². The molecule has 3 unspecified atom stereocenters. The number of esters is 2. The number of fused-ring (bicyclic) bond motifs is 7. The second-order valence-electron chi connectivity index (χ2n) is 28.8. The molecule has 27 nitrogen and oxygen atoms in total. The first kappa shape index (κ1) is 71.1. The average Bonchev–Trinajstić information content (AvgIpc) is 0.665. The lowest BCUT2D eigenvalue weighted by Gasteiger charge is -2.73. The van der Waals surface area contributed by atoms with Crippen LogP contribution in [0, 0.1) is 50.2 Å². The fourth-order valence-electron chi connectivity index (χ4n) is 17.7. The smallest absolute Gasteiger partial charge is 0.335 e. The Morgan fingerprint density at radius 1 is 0.589 bits per heavy atom. The number of aliphatic hydroxyl groups is 13. The predicted octanol–water partition coefficient (Wildman–Crippen LogP) is -0.885. The van der Waals surface area contributed by atoms with Crippen molar-refractivity contribution in [2.24, 2.45) is 50.2 Å². The van der Waals surface area contributed by atoms with E-state index >= 15 is 0 Å². The van der Waals surface area contributed by atoms with E-state index < -0.39 is 223 Å². The summed E-state index contributed by atoms with van der Waals surface area (Å²) >= 11 is 0. The van der Waals surface area contributed by atoms with E-state index in [1.165, 1.54) is 19.9 Å². The van der Waals surface area contributed by atoms with Crippen molar-refractivity contribution >= 4 is 17.9 Å². The van der Waals surface area contributed by atoms with Gasteiger partial charge in [0.25, 0.3) is 0 Å². The van der Waals surface area contributed by atoms with E-state index in [1.54, 1.807) is 26.8 Å². The summed E-state index contributed by atoms with van der Waals surface area (Å²) in [6.45, 7) is 19.4. The van der Waals surface area contributed by atoms with Gasteiger partial charge in [0.2, 0.25) is 0 Å². The summed E-state index contributed by atoms with van der Waals surface area (Å²) in [6.07, 6.45) is -33.1. The molecule has 27 heteroatoms. The van der Waals surface area contributed by atoms with Crippen LogP contribution < -0.4 is 0 Å². The van der Waals surface area contributed by atoms with Crippen LogP contribution in [-0.2, 0) is 61.8 Å². The Kier molecular flexibility index (Phi) is 20.6. The minimum absolute atomic E-state index is 0.194. The largest absolute Gasteiger partial charge is 0.479 e. The number of rotatable bonds is 16. The monoisotopic (exact) mass is 1290 g/mol. The summed E-state index contributed by atoms with van der Waals surface area (Å²) in [5, 5.41) is 159. The molecule has 0 bridgehead atoms. The maximum atomic E-state index is 14.0. The van der Waals surface area contributed by atoms with Gasteiger partial charge in [-0.05, 0) is 107 Å². The summed E-state index contributed by atoms with van der Waals surface area (Å²) in [5.74, 6) is -4.44. The Balaban J connectivity index is 1.06. The molecular weight excluding hydrogens is 1190 g/mol. The molecule has 9 aliphatic rings. The number of carboxylic acid groups (broad SMARTS) is 1. The molecule has 4 saturated carbocycles. The van der Waals surface area contributed by atoms with Crippen LogP contribution in [0.15, 0.2) is 34.9 Å². The fourth-order valence-corrected chi connectivity index (χ4v) is 17.7. The van der Waals surface area contributed by atoms with Crippen LogP contribution in [0.3, 0.4) is 0 Å². The average molecular weight is 1290 g/mol. The SMILES string of the molecule is C/C=C(/C)C(=O)O[C@H]1[C@H](O)[C@@H](O[C@@H]2[C@H](OC(=O)/C(C)=C\C)C(C)(C)CC3C4=CCC5[C@@]6(C)CC[C@H](O[C@H]7O[C@H](C(=O)O)[C@@H](O)[C@H](O[C@H]8O[C@H](CO)[C@@H](O)[C@@H]8O)[C@H]7O[C@@H]7O[C@H](CO)[C@H](O)[C@H](O)[C@H]7O)C(C)(C)C6CC[C@@]5(C)[C@]4(C)[C@H](O)[C@H](O)[C@]32CO)O[C@@H](C)[C@@H]1O. The summed E-state index contributed by atoms with van der Waals surface area (Å²) in [5.41, 5.74) is -5.17. The summed E-state index contributed by atoms with van der Waals surface area (Å²) in [7, 11) is 0. The van der Waals surface area contributed by atoms with E-state index in [-0.39, 0.29) is 35.8 Å². The molecule has 0 aromatic carbocycles. The highest BCUT2D eigenvalue weighted by Gasteiger charge is 2.76. The van der Waals surface area contributed by atoms with Crippen molar-refractivity contribution in [1.29, 1.82) is 0 Å². The molecule has 4 saturated heterocycles. The quantitative estimate of drug-likeness (QED) is 0.0386. The van der Waals surface area contributed by atoms with Gasteiger partial charge in [-0.3, -0.25) is 0 Å². The number of aliphatic carboxylic acids is 1. The third kappa shape index (κ3) is 11.4. The van der Waals surface area contributed by atoms with Crippen LogP contribution in [0.5, 0.6) is 0 Å². The first-order valence-corrected chi connectivity index (χ1v) is 31.5. The second-order valence-corrected chi connectivity index (χ2v) is 28.8. The Labute approximate surface area is 523 Å². The summed E-state index contributed by atoms with van der Waals surface area (Å²) in [6, 6.07) is 0. The number of hydrogen-bond donors (Lipinski definition) is 14. The number of allylic oxidation sites excluding steroid dienone is 3. The lowest BCUT2D eigenvalue weighted by Crippen LogP contribution is -2.77. The number of carboxylic acids is 1. The van der Waals surface area contributed by atoms with Crippen LogP contribution in [0.25, 0.3) is 0 Å². The van der Waals surface area contributed by atoms with E-state index in [1.807, 2.05) is 34.6 Å². The van der Waals surface area contributed by atoms with Crippen molar-refractivity contribution in [3.63, 3.8) is 0 Å². The molecule has 31 atom stereocenters. The first-order chi connectivity index (χ1) is 42.0. The summed E-state index contributed by atoms with van der Waals surface area (Å²) < 4.78 is 61.6. The Bertz CT molecular complexity index is 2700. The third-order valence-corrected chi connectivity index (χ3v) is 23.4. The van der Waals surface area contributed by atoms with Gasteiger partial charge < -0.3 is 119 Å². The number of carbonyl (C=O) groups excluding carboxylic acids is 2. The molecule has 4 aliphatic heterocycles. The minimum atomic E-state index is -2.15. The molecule has 14 N–H and O–H groups in total. The molecule has 9 rings (SSSR count). The molecule has 8 fully saturated rings. The lowest BCUT2D eigenvalue weighted by molar-refractivity contribution is -0.386. The number of ether oxygens (including phenoxy) is 10. The van der Waals surface area contributed by atoms with E-state index in [9.17, 15) is 85.9 Å². The molecule has 5 aliphatic carbocycles. The zero-order valence-corrected chi connectivity index (χ0v) is 53.3. The van der Waals surface area contributed by atoms with Gasteiger partial charge >= 0.3 is 17.9 Å². The van der Waals surface area contributed by atoms with Crippen molar-refractivity contribution in [2.75, 3.05) is 19.8 Å². The zero-order chi connectivity index (χ0) is 66.6. The molecule has 90 heavy (non-hydrogen) atoms. The number of aliphatic hydroxyl groups excluding tert-OH is 13. The van der Waals surface area contributed by atoms with Crippen molar-refractivity contribution in [1.82, 2.24) is 0 Å². The topological polar surface area (TPSA) is 427 Å². The molecule has 0 aromatic rings. The third-order valence-electron chi connectivity index (χ3n) is 23.4. The normalized spacial score (nSPS) is 50.1. The van der Waals surface area contributed by atoms with Crippen LogP contribution in [-0.4, -0.2) is 256 Å². The standard InChI is InChI=1S/C63H98O27/c1-13-25(3)52(79)85-43-35(67)27(5)81-56(42(43)74)90-50-49(89-53(80)26(4)14-2)58(6,7)21-29-28-15-16-33-60(10)19-18-34(59(8,9)32(60)17-20-61(33,11)62(28,12)47(75)48(76)63(29,50)24-66)84-57-46(88-55-40(72)38(70)36(68)30(22-64)82-55)44(41(73)45(87-57)51(77)78)86-54-39(71)37(69)31(23-65)83-54/h13-15,27,29-50,54-57,64-76H,16-24H2,1-12H3,(H,77,78)/b25-13-,26-14-/t27-,29?,30+,31+,32?,33?,34-,35-,36-,37+,38-,39-,40+,41-,42-,43+,44-,45-,46+,47+,48-,49-,50+,54+,55-,56+,57-,60-,61+,62-,63-/m0/s1. The predicted molar refractivity (Wildman–Crippen MR) is 308 cm³/mol. The van der Waals surface area contributed by atoms with Crippen molar-refractivity contribution in [3.05, 3.63) is 34.9 Å². The Morgan fingerprint density at radius 3 is 1.71 bits per heavy atom. The lowest BCUT2D eigenvalue weighted by atomic mass is 9.32. The van der Waals surface area contributed by atoms with Gasteiger partial charge in [-0.15, -0.1) is 0 Å². The Hall–Kier alpha value is -3.21. The van der Waals surface area contributed by atoms with Gasteiger partial charge in [0.15, 0.2) is 37.4 Å². The zero-order valence-electron chi connectivity index (χ0n) is 53.3. The van der Waals surface area contributed by atoms with Gasteiger partial charge in [0, 0.05) is 22.0 Å². The first-order valence-electron chi connectivity index (χ1n) is 31.5. The summed E-state index contributed by atoms with van der Waals surface area (Å²) in [4.78, 5) is 40.1. The number of hydrogen-bond acceptors (Lipinski definition) is 26. The fraction of sp³-hybridized carbons (Fsp3) is 0.857. The van der Waals surface area contributed by atoms with Crippen molar-refractivity contribution in [2.45, 2.75) is 269 Å². The minimum Gasteiger partial charge on any atom is -0.479 e. The van der Waals surface area contributed by atoms with Gasteiger partial charge in [-0.25, -0.2) is 14.4 Å². The van der Waals surface area contributed by atoms with E-state index in [2.05, 4.69) is 19.9 Å². The second kappa shape index (κ2) is 26.1. The van der Waals surface area contributed by atoms with Gasteiger partial charge in [0.1, 0.15) is 85.5 Å². The molecule has 0 radical (unpaired) electrons. The number of carbonyl (C=O) groups is 3. The Morgan fingerprint density at radius 2 is 1.14 bits per heavy atom. The van der Waals surface area contributed by atoms with Gasteiger partial charge in [-0.2, -0.15) is 0 Å². The van der Waals surface area contributed by atoms with Crippen LogP contribution in [0.4, 0.5) is 0 Å². The molecule has 4 heterocycles. The molecule has 0 aromatic heterocycles. The molecule has 0 spiro atoms. The maximum absolute atomic E-state index is 14.0. The van der Waals surface area contributed by atoms with Gasteiger partial charge in [-0.1, -0.05) is 72.3 Å². The van der Waals surface area contributed by atoms with E-state index in [0.29, 0.717) is 25.7 Å². The van der Waals surface area contributed by atoms with Crippen molar-refractivity contribution < 1.29 is 133 Å². The van der Waals surface area contributed by atoms with E-state index in [4.69, 9.17) is 47.4 Å². The van der Waals surface area contributed by atoms with Crippen LogP contribution in [0.1, 0.15) is 122 Å². The highest BCUT2D eigenvalue weighted by Crippen LogP contribution is 2.76.